The molecule has 7 nitrogen and oxygen atoms in total. The quantitative estimate of drug-likeness (QED) is 0.540. The fourth-order valence-corrected chi connectivity index (χ4v) is 3.24. The summed E-state index contributed by atoms with van der Waals surface area (Å²) >= 11 is 1.30. The van der Waals surface area contributed by atoms with Crippen molar-refractivity contribution in [3.8, 4) is 5.75 Å². The lowest BCUT2D eigenvalue weighted by atomic mass is 10.2. The van der Waals surface area contributed by atoms with Gasteiger partial charge in [0.05, 0.1) is 22.2 Å². The number of hydrogen-bond acceptors (Lipinski definition) is 5. The number of thiazole rings is 1. The van der Waals surface area contributed by atoms with Crippen LogP contribution in [0.2, 0.25) is 0 Å². The number of nitrogens with zero attached hydrogens (tertiary/aromatic N) is 3. The number of amides is 1. The van der Waals surface area contributed by atoms with Crippen LogP contribution >= 0.6 is 11.3 Å². The molecule has 8 heteroatoms. The van der Waals surface area contributed by atoms with Crippen molar-refractivity contribution in [2.24, 2.45) is 12.0 Å². The molecule has 0 fully saturated rings. The van der Waals surface area contributed by atoms with E-state index in [2.05, 4.69) is 4.99 Å². The van der Waals surface area contributed by atoms with Crippen LogP contribution in [0.4, 0.5) is 5.69 Å². The van der Waals surface area contributed by atoms with Gasteiger partial charge in [-0.2, -0.15) is 4.99 Å². The van der Waals surface area contributed by atoms with E-state index in [1.54, 1.807) is 41.9 Å². The van der Waals surface area contributed by atoms with Gasteiger partial charge < -0.3 is 9.30 Å². The predicted octanol–water partition coefficient (Wildman–Crippen LogP) is 2.90. The van der Waals surface area contributed by atoms with E-state index in [9.17, 15) is 14.9 Å². The first-order valence-electron chi connectivity index (χ1n) is 6.96. The third kappa shape index (κ3) is 2.91. The maximum absolute atomic E-state index is 12.3. The maximum atomic E-state index is 12.3. The van der Waals surface area contributed by atoms with Gasteiger partial charge in [-0.1, -0.05) is 17.4 Å². The van der Waals surface area contributed by atoms with Crippen LogP contribution in [-0.2, 0) is 7.05 Å². The minimum absolute atomic E-state index is 0.00146. The summed E-state index contributed by atoms with van der Waals surface area (Å²) in [5.41, 5.74) is 1.07. The molecule has 1 amide bonds. The van der Waals surface area contributed by atoms with Crippen LogP contribution in [-0.4, -0.2) is 22.5 Å². The summed E-state index contributed by atoms with van der Waals surface area (Å²) in [5.74, 6) is 0.179. The number of nitro benzene ring substituents is 1. The van der Waals surface area contributed by atoms with Gasteiger partial charge in [0.2, 0.25) is 0 Å². The first-order valence-corrected chi connectivity index (χ1v) is 7.78. The second kappa shape index (κ2) is 6.25. The highest BCUT2D eigenvalue weighted by atomic mass is 32.1. The SMILES string of the molecule is COc1cccc(C(=O)N=c2sc3ccc([N+](=O)[O-])cc3n2C)c1. The molecule has 0 N–H and O–H groups in total. The Morgan fingerprint density at radius 3 is 2.79 bits per heavy atom. The number of methoxy groups -OCH3 is 1. The Bertz CT molecular complexity index is 1020. The monoisotopic (exact) mass is 343 g/mol. The Hall–Kier alpha value is -3.00. The standard InChI is InChI=1S/C16H13N3O4S/c1-18-13-9-11(19(21)22)6-7-14(13)24-16(18)17-15(20)10-4-3-5-12(8-10)23-2/h3-9H,1-2H3. The van der Waals surface area contributed by atoms with Crippen molar-refractivity contribution in [2.45, 2.75) is 0 Å². The van der Waals surface area contributed by atoms with E-state index in [-0.39, 0.29) is 5.69 Å². The summed E-state index contributed by atoms with van der Waals surface area (Å²) in [7, 11) is 3.25. The number of rotatable bonds is 3. The summed E-state index contributed by atoms with van der Waals surface area (Å²) < 4.78 is 7.59. The van der Waals surface area contributed by atoms with Gasteiger partial charge in [0.25, 0.3) is 11.6 Å². The molecule has 1 aromatic heterocycles. The molecule has 0 spiro atoms. The predicted molar refractivity (Wildman–Crippen MR) is 90.3 cm³/mol. The second-order valence-electron chi connectivity index (χ2n) is 5.00. The fraction of sp³-hybridized carbons (Fsp3) is 0.125. The van der Waals surface area contributed by atoms with Crippen molar-refractivity contribution in [3.63, 3.8) is 0 Å². The summed E-state index contributed by atoms with van der Waals surface area (Å²) in [6.07, 6.45) is 0. The minimum Gasteiger partial charge on any atom is -0.497 e. The summed E-state index contributed by atoms with van der Waals surface area (Å²) in [4.78, 5) is 27.4. The van der Waals surface area contributed by atoms with Crippen molar-refractivity contribution in [3.05, 3.63) is 62.9 Å². The van der Waals surface area contributed by atoms with Crippen molar-refractivity contribution in [1.82, 2.24) is 4.57 Å². The van der Waals surface area contributed by atoms with Crippen LogP contribution in [0.15, 0.2) is 47.5 Å². The maximum Gasteiger partial charge on any atom is 0.279 e. The number of fused-ring (bicyclic) bond motifs is 1. The van der Waals surface area contributed by atoms with Gasteiger partial charge in [-0.3, -0.25) is 14.9 Å². The number of nitro groups is 1. The van der Waals surface area contributed by atoms with Crippen molar-refractivity contribution in [1.29, 1.82) is 0 Å². The molecule has 0 aliphatic heterocycles. The molecule has 0 saturated heterocycles. The summed E-state index contributed by atoms with van der Waals surface area (Å²) in [5, 5.41) is 10.9. The highest BCUT2D eigenvalue weighted by Crippen LogP contribution is 2.22. The zero-order valence-corrected chi connectivity index (χ0v) is 13.7. The molecule has 0 unspecified atom stereocenters. The molecule has 0 bridgehead atoms. The average Bonchev–Trinajstić information content (AvgIpc) is 2.90. The normalized spacial score (nSPS) is 11.7. The number of aromatic nitrogens is 1. The average molecular weight is 343 g/mol. The van der Waals surface area contributed by atoms with Crippen LogP contribution in [0.1, 0.15) is 10.4 Å². The number of benzene rings is 2. The third-order valence-corrected chi connectivity index (χ3v) is 4.63. The van der Waals surface area contributed by atoms with Gasteiger partial charge in [-0.25, -0.2) is 0 Å². The Morgan fingerprint density at radius 2 is 2.08 bits per heavy atom. The van der Waals surface area contributed by atoms with E-state index in [1.165, 1.54) is 30.6 Å². The lowest BCUT2D eigenvalue weighted by Gasteiger charge is -2.00. The molecule has 0 saturated carbocycles. The van der Waals surface area contributed by atoms with Gasteiger partial charge >= 0.3 is 0 Å². The molecule has 0 aliphatic carbocycles. The molecule has 24 heavy (non-hydrogen) atoms. The van der Waals surface area contributed by atoms with E-state index in [0.717, 1.165) is 4.70 Å². The largest absolute Gasteiger partial charge is 0.497 e. The Balaban J connectivity index is 2.07. The minimum atomic E-state index is -0.449. The first kappa shape index (κ1) is 15.9. The molecule has 122 valence electrons. The van der Waals surface area contributed by atoms with E-state index in [1.807, 2.05) is 0 Å². The lowest BCUT2D eigenvalue weighted by Crippen LogP contribution is -2.13. The number of aryl methyl sites for hydroxylation is 1. The zero-order valence-electron chi connectivity index (χ0n) is 12.9. The third-order valence-electron chi connectivity index (χ3n) is 3.52. The number of ether oxygens (including phenoxy) is 1. The number of carbonyl (C=O) groups is 1. The Labute approximate surface area is 140 Å². The van der Waals surface area contributed by atoms with Crippen LogP contribution < -0.4 is 9.54 Å². The highest BCUT2D eigenvalue weighted by Gasteiger charge is 2.11. The van der Waals surface area contributed by atoms with Gasteiger partial charge in [-0.05, 0) is 24.3 Å². The number of carbonyl (C=O) groups excluding carboxylic acids is 1. The molecule has 3 aromatic rings. The van der Waals surface area contributed by atoms with Crippen LogP contribution in [0.3, 0.4) is 0 Å². The molecule has 2 aromatic carbocycles. The molecular weight excluding hydrogens is 330 g/mol. The topological polar surface area (TPSA) is 86.7 Å². The first-order chi connectivity index (χ1) is 11.5. The lowest BCUT2D eigenvalue weighted by molar-refractivity contribution is -0.384. The highest BCUT2D eigenvalue weighted by molar-refractivity contribution is 7.16. The van der Waals surface area contributed by atoms with Gasteiger partial charge in [0, 0.05) is 24.7 Å². The summed E-state index contributed by atoms with van der Waals surface area (Å²) in [6.45, 7) is 0. The van der Waals surface area contributed by atoms with Gasteiger partial charge in [-0.15, -0.1) is 0 Å². The molecular formula is C16H13N3O4S. The molecule has 0 atom stereocenters. The van der Waals surface area contributed by atoms with Gasteiger partial charge in [0.15, 0.2) is 4.80 Å². The van der Waals surface area contributed by atoms with Crippen molar-refractivity contribution in [2.75, 3.05) is 7.11 Å². The zero-order chi connectivity index (χ0) is 17.3. The van der Waals surface area contributed by atoms with Crippen molar-refractivity contribution >= 4 is 33.1 Å². The fourth-order valence-electron chi connectivity index (χ4n) is 2.24. The number of non-ortho nitro benzene ring substituents is 1. The second-order valence-corrected chi connectivity index (χ2v) is 6.01. The smallest absolute Gasteiger partial charge is 0.279 e. The van der Waals surface area contributed by atoms with Crippen LogP contribution in [0.5, 0.6) is 5.75 Å². The summed E-state index contributed by atoms with van der Waals surface area (Å²) in [6, 6.07) is 11.3. The van der Waals surface area contributed by atoms with E-state index < -0.39 is 10.8 Å². The van der Waals surface area contributed by atoms with Crippen LogP contribution in [0, 0.1) is 10.1 Å². The Kier molecular flexibility index (Phi) is 4.13. The van der Waals surface area contributed by atoms with E-state index in [4.69, 9.17) is 4.74 Å². The molecule has 0 aliphatic rings. The molecule has 0 radical (unpaired) electrons. The van der Waals surface area contributed by atoms with Crippen molar-refractivity contribution < 1.29 is 14.5 Å². The number of hydrogen-bond donors (Lipinski definition) is 0. The van der Waals surface area contributed by atoms with E-state index >= 15 is 0 Å². The Morgan fingerprint density at radius 1 is 1.29 bits per heavy atom. The van der Waals surface area contributed by atoms with Crippen LogP contribution in [0.25, 0.3) is 10.2 Å². The van der Waals surface area contributed by atoms with Gasteiger partial charge in [0.1, 0.15) is 5.75 Å². The van der Waals surface area contributed by atoms with E-state index in [0.29, 0.717) is 21.6 Å². The molecule has 1 heterocycles. The molecule has 3 rings (SSSR count).